The van der Waals surface area contributed by atoms with E-state index >= 15 is 0 Å². The first-order chi connectivity index (χ1) is 9.54. The number of hydrogen-bond acceptors (Lipinski definition) is 2. The highest BCUT2D eigenvalue weighted by molar-refractivity contribution is 6.32. The van der Waals surface area contributed by atoms with E-state index in [1.165, 1.54) is 0 Å². The molecule has 3 nitrogen and oxygen atoms in total. The normalized spacial score (nSPS) is 10.3. The molecule has 1 amide bonds. The van der Waals surface area contributed by atoms with Gasteiger partial charge in [-0.3, -0.25) is 4.79 Å². The summed E-state index contributed by atoms with van der Waals surface area (Å²) in [6, 6.07) is 12.4. The molecule has 0 bridgehead atoms. The van der Waals surface area contributed by atoms with E-state index in [4.69, 9.17) is 33.7 Å². The first kappa shape index (κ1) is 14.7. The highest BCUT2D eigenvalue weighted by Gasteiger charge is 2.06. The van der Waals surface area contributed by atoms with Crippen LogP contribution in [0.15, 0.2) is 42.5 Å². The average Bonchev–Trinajstić information content (AvgIpc) is 2.41. The zero-order valence-corrected chi connectivity index (χ0v) is 12.1. The third-order valence-corrected chi connectivity index (χ3v) is 3.25. The minimum absolute atomic E-state index is 0.299. The number of carbonyl (C=O) groups is 1. The highest BCUT2D eigenvalue weighted by Crippen LogP contribution is 2.30. The van der Waals surface area contributed by atoms with E-state index in [1.54, 1.807) is 36.4 Å². The summed E-state index contributed by atoms with van der Waals surface area (Å²) in [5, 5.41) is 1.13. The van der Waals surface area contributed by atoms with Gasteiger partial charge in [-0.15, -0.1) is 0 Å². The third-order valence-electron chi connectivity index (χ3n) is 2.70. The van der Waals surface area contributed by atoms with Crippen LogP contribution in [0, 0.1) is 0 Å². The van der Waals surface area contributed by atoms with Gasteiger partial charge in [0.2, 0.25) is 5.91 Å². The summed E-state index contributed by atoms with van der Waals surface area (Å²) in [5.41, 5.74) is 6.06. The lowest BCUT2D eigenvalue weighted by Crippen LogP contribution is -2.11. The quantitative estimate of drug-likeness (QED) is 0.899. The Morgan fingerprint density at radius 3 is 2.40 bits per heavy atom. The fourth-order valence-corrected chi connectivity index (χ4v) is 2.05. The molecular weight excluding hydrogens is 297 g/mol. The Balaban J connectivity index is 2.09. The molecule has 0 radical (unpaired) electrons. The van der Waals surface area contributed by atoms with Crippen molar-refractivity contribution in [1.82, 2.24) is 0 Å². The van der Waals surface area contributed by atoms with Crippen LogP contribution < -0.4 is 10.5 Å². The summed E-state index contributed by atoms with van der Waals surface area (Å²) in [6.45, 7) is 0. The van der Waals surface area contributed by atoms with Gasteiger partial charge in [0, 0.05) is 11.4 Å². The molecule has 20 heavy (non-hydrogen) atoms. The molecule has 2 rings (SSSR count). The monoisotopic (exact) mass is 309 g/mol. The summed E-state index contributed by atoms with van der Waals surface area (Å²) in [5.74, 6) is 0.876. The molecular formula is C15H13Cl2NO2. The number of halogens is 2. The van der Waals surface area contributed by atoms with Gasteiger partial charge in [-0.1, -0.05) is 29.3 Å². The number of amides is 1. The van der Waals surface area contributed by atoms with E-state index in [0.717, 1.165) is 5.56 Å². The van der Waals surface area contributed by atoms with E-state index in [0.29, 0.717) is 34.4 Å². The Labute approximate surface area is 127 Å². The molecule has 0 aliphatic heterocycles. The number of nitrogens with two attached hydrogens (primary N) is 1. The molecule has 2 N–H and O–H groups in total. The number of aryl methyl sites for hydroxylation is 1. The third kappa shape index (κ3) is 4.15. The van der Waals surface area contributed by atoms with Crippen LogP contribution in [0.2, 0.25) is 10.0 Å². The van der Waals surface area contributed by atoms with Gasteiger partial charge in [-0.25, -0.2) is 0 Å². The van der Waals surface area contributed by atoms with Crippen LogP contribution in [0.25, 0.3) is 0 Å². The lowest BCUT2D eigenvalue weighted by Gasteiger charge is -2.09. The second kappa shape index (κ2) is 6.64. The Morgan fingerprint density at radius 1 is 1.10 bits per heavy atom. The van der Waals surface area contributed by atoms with Crippen molar-refractivity contribution in [2.24, 2.45) is 5.73 Å². The number of primary amides is 1. The van der Waals surface area contributed by atoms with Crippen molar-refractivity contribution >= 4 is 29.1 Å². The van der Waals surface area contributed by atoms with E-state index in [1.807, 2.05) is 6.07 Å². The Bertz CT molecular complexity index is 612. The van der Waals surface area contributed by atoms with Crippen molar-refractivity contribution in [3.63, 3.8) is 0 Å². The average molecular weight is 310 g/mol. The van der Waals surface area contributed by atoms with Crippen LogP contribution in [0.4, 0.5) is 0 Å². The molecule has 0 atom stereocenters. The Kier molecular flexibility index (Phi) is 4.88. The van der Waals surface area contributed by atoms with Crippen molar-refractivity contribution in [1.29, 1.82) is 0 Å². The van der Waals surface area contributed by atoms with Gasteiger partial charge in [-0.05, 0) is 48.4 Å². The van der Waals surface area contributed by atoms with E-state index in [9.17, 15) is 4.79 Å². The molecule has 0 saturated heterocycles. The smallest absolute Gasteiger partial charge is 0.217 e. The van der Waals surface area contributed by atoms with Gasteiger partial charge in [0.05, 0.1) is 5.02 Å². The number of hydrogen-bond donors (Lipinski definition) is 1. The fourth-order valence-electron chi connectivity index (χ4n) is 1.68. The maximum absolute atomic E-state index is 10.7. The Hall–Kier alpha value is -1.71. The zero-order chi connectivity index (χ0) is 14.5. The summed E-state index contributed by atoms with van der Waals surface area (Å²) in [7, 11) is 0. The van der Waals surface area contributed by atoms with E-state index < -0.39 is 0 Å². The predicted molar refractivity (Wildman–Crippen MR) is 80.5 cm³/mol. The number of carbonyl (C=O) groups excluding carboxylic acids is 1. The van der Waals surface area contributed by atoms with Gasteiger partial charge < -0.3 is 10.5 Å². The summed E-state index contributed by atoms with van der Waals surface area (Å²) in [4.78, 5) is 10.7. The molecule has 0 aliphatic carbocycles. The second-order valence-electron chi connectivity index (χ2n) is 4.29. The lowest BCUT2D eigenvalue weighted by molar-refractivity contribution is -0.117. The van der Waals surface area contributed by atoms with Gasteiger partial charge in [0.1, 0.15) is 11.5 Å². The molecule has 0 heterocycles. The van der Waals surface area contributed by atoms with Crippen LogP contribution in [0.3, 0.4) is 0 Å². The maximum Gasteiger partial charge on any atom is 0.217 e. The summed E-state index contributed by atoms with van der Waals surface area (Å²) in [6.07, 6.45) is 0.865. The van der Waals surface area contributed by atoms with Crippen molar-refractivity contribution < 1.29 is 9.53 Å². The zero-order valence-electron chi connectivity index (χ0n) is 10.6. The molecule has 2 aromatic carbocycles. The highest BCUT2D eigenvalue weighted by atomic mass is 35.5. The van der Waals surface area contributed by atoms with Gasteiger partial charge >= 0.3 is 0 Å². The van der Waals surface area contributed by atoms with Crippen molar-refractivity contribution in [3.05, 3.63) is 58.1 Å². The first-order valence-corrected chi connectivity index (χ1v) is 6.80. The van der Waals surface area contributed by atoms with Crippen LogP contribution in [-0.4, -0.2) is 5.91 Å². The SMILES string of the molecule is NC(=O)CCc1ccc(Oc2ccc(Cl)cc2)c(Cl)c1. The van der Waals surface area contributed by atoms with Crippen molar-refractivity contribution in [3.8, 4) is 11.5 Å². The fraction of sp³-hybridized carbons (Fsp3) is 0.133. The van der Waals surface area contributed by atoms with Crippen LogP contribution in [0.5, 0.6) is 11.5 Å². The standard InChI is InChI=1S/C15H13Cl2NO2/c16-11-3-5-12(6-4-11)20-14-7-1-10(9-13(14)17)2-8-15(18)19/h1,3-7,9H,2,8H2,(H2,18,19). The minimum Gasteiger partial charge on any atom is -0.456 e. The molecule has 104 valence electrons. The molecule has 0 fully saturated rings. The van der Waals surface area contributed by atoms with Crippen LogP contribution in [0.1, 0.15) is 12.0 Å². The minimum atomic E-state index is -0.331. The van der Waals surface area contributed by atoms with E-state index in [2.05, 4.69) is 0 Å². The van der Waals surface area contributed by atoms with Crippen LogP contribution in [-0.2, 0) is 11.2 Å². The number of rotatable bonds is 5. The molecule has 0 unspecified atom stereocenters. The van der Waals surface area contributed by atoms with Crippen molar-refractivity contribution in [2.75, 3.05) is 0 Å². The Morgan fingerprint density at radius 2 is 1.80 bits per heavy atom. The lowest BCUT2D eigenvalue weighted by atomic mass is 10.1. The number of benzene rings is 2. The first-order valence-electron chi connectivity index (χ1n) is 6.05. The number of ether oxygens (including phenoxy) is 1. The largest absolute Gasteiger partial charge is 0.456 e. The molecule has 0 aliphatic rings. The van der Waals surface area contributed by atoms with Gasteiger partial charge in [-0.2, -0.15) is 0 Å². The van der Waals surface area contributed by atoms with Gasteiger partial charge in [0.15, 0.2) is 0 Å². The maximum atomic E-state index is 10.7. The second-order valence-corrected chi connectivity index (χ2v) is 5.13. The molecule has 2 aromatic rings. The molecule has 0 spiro atoms. The molecule has 0 saturated carbocycles. The van der Waals surface area contributed by atoms with Crippen molar-refractivity contribution in [2.45, 2.75) is 12.8 Å². The topological polar surface area (TPSA) is 52.3 Å². The molecule has 5 heteroatoms. The van der Waals surface area contributed by atoms with Crippen LogP contribution >= 0.6 is 23.2 Å². The summed E-state index contributed by atoms with van der Waals surface area (Å²) >= 11 is 12.0. The van der Waals surface area contributed by atoms with Gasteiger partial charge in [0.25, 0.3) is 0 Å². The van der Waals surface area contributed by atoms with E-state index in [-0.39, 0.29) is 5.91 Å². The predicted octanol–water partition coefficient (Wildman–Crippen LogP) is 4.20. The molecule has 0 aromatic heterocycles. The summed E-state index contributed by atoms with van der Waals surface area (Å²) < 4.78 is 5.66.